The van der Waals surface area contributed by atoms with Gasteiger partial charge in [0.25, 0.3) is 0 Å². The Morgan fingerprint density at radius 2 is 2.17 bits per heavy atom. The summed E-state index contributed by atoms with van der Waals surface area (Å²) in [6.07, 6.45) is 2.33. The number of hydrogen-bond donors (Lipinski definition) is 1. The van der Waals surface area contributed by atoms with Crippen molar-refractivity contribution in [2.24, 2.45) is 7.05 Å². The molecule has 1 spiro atoms. The molecule has 124 valence electrons. The summed E-state index contributed by atoms with van der Waals surface area (Å²) in [6, 6.07) is 4.22. The number of carbonyl (C=O) groups excluding carboxylic acids is 1. The fourth-order valence-electron chi connectivity index (χ4n) is 3.47. The lowest BCUT2D eigenvalue weighted by Gasteiger charge is -2.40. The molecule has 1 amide bonds. The molecule has 0 unspecified atom stereocenters. The van der Waals surface area contributed by atoms with Crippen LogP contribution in [0.4, 0.5) is 0 Å². The van der Waals surface area contributed by atoms with Gasteiger partial charge in [-0.15, -0.1) is 0 Å². The number of nitriles is 1. The van der Waals surface area contributed by atoms with Gasteiger partial charge in [0, 0.05) is 45.3 Å². The average molecular weight is 316 g/mol. The van der Waals surface area contributed by atoms with Crippen LogP contribution >= 0.6 is 0 Å². The second-order valence-electron chi connectivity index (χ2n) is 6.65. The van der Waals surface area contributed by atoms with Gasteiger partial charge in [0.1, 0.15) is 11.8 Å². The Morgan fingerprint density at radius 3 is 2.83 bits per heavy atom. The molecule has 2 aliphatic rings. The predicted octanol–water partition coefficient (Wildman–Crippen LogP) is 1.08. The Kier molecular flexibility index (Phi) is 4.42. The number of carbonyl (C=O) groups is 1. The summed E-state index contributed by atoms with van der Waals surface area (Å²) in [6.45, 7) is 5.98. The van der Waals surface area contributed by atoms with Crippen LogP contribution < -0.4 is 5.32 Å². The smallest absolute Gasteiger partial charge is 0.222 e. The third kappa shape index (κ3) is 3.26. The molecule has 2 aliphatic heterocycles. The van der Waals surface area contributed by atoms with Crippen molar-refractivity contribution in [3.63, 3.8) is 0 Å². The minimum absolute atomic E-state index is 0.0910. The maximum Gasteiger partial charge on any atom is 0.222 e. The third-order valence-corrected chi connectivity index (χ3v) is 5.26. The standard InChI is InChI=1S/C17H24N4O2/c1-13-14(9-15(10-18)20(13)2)11-21-6-4-17(5-7-21)12-19-16(22)3-8-23-17/h9H,3-8,11-12H2,1-2H3,(H,19,22). The zero-order valence-corrected chi connectivity index (χ0v) is 13.9. The molecule has 6 heteroatoms. The van der Waals surface area contributed by atoms with Crippen LogP contribution in [0.2, 0.25) is 0 Å². The maximum atomic E-state index is 11.5. The first-order chi connectivity index (χ1) is 11.0. The lowest BCUT2D eigenvalue weighted by molar-refractivity contribution is -0.120. The van der Waals surface area contributed by atoms with Crippen LogP contribution in [0, 0.1) is 18.3 Å². The van der Waals surface area contributed by atoms with E-state index in [9.17, 15) is 4.79 Å². The Labute approximate surface area is 137 Å². The molecule has 0 aromatic carbocycles. The van der Waals surface area contributed by atoms with Gasteiger partial charge in [-0.1, -0.05) is 0 Å². The van der Waals surface area contributed by atoms with Gasteiger partial charge < -0.3 is 14.6 Å². The summed E-state index contributed by atoms with van der Waals surface area (Å²) in [4.78, 5) is 13.9. The second-order valence-corrected chi connectivity index (χ2v) is 6.65. The van der Waals surface area contributed by atoms with E-state index in [0.717, 1.165) is 38.2 Å². The van der Waals surface area contributed by atoms with Crippen molar-refractivity contribution in [2.45, 2.75) is 38.3 Å². The average Bonchev–Trinajstić information content (AvgIpc) is 2.71. The number of aromatic nitrogens is 1. The van der Waals surface area contributed by atoms with Crippen molar-refractivity contribution in [2.75, 3.05) is 26.2 Å². The molecule has 3 heterocycles. The lowest BCUT2D eigenvalue weighted by atomic mass is 9.90. The summed E-state index contributed by atoms with van der Waals surface area (Å²) >= 11 is 0. The normalized spacial score (nSPS) is 21.7. The van der Waals surface area contributed by atoms with Crippen molar-refractivity contribution in [1.82, 2.24) is 14.8 Å². The molecule has 0 saturated carbocycles. The van der Waals surface area contributed by atoms with E-state index in [1.807, 2.05) is 17.7 Å². The van der Waals surface area contributed by atoms with E-state index in [0.29, 0.717) is 25.3 Å². The van der Waals surface area contributed by atoms with Crippen LogP contribution in [0.1, 0.15) is 36.2 Å². The first kappa shape index (κ1) is 16.0. The van der Waals surface area contributed by atoms with Gasteiger partial charge in [0.05, 0.1) is 12.2 Å². The topological polar surface area (TPSA) is 70.3 Å². The highest BCUT2D eigenvalue weighted by molar-refractivity contribution is 5.76. The minimum atomic E-state index is -0.188. The number of nitrogens with one attached hydrogen (secondary N) is 1. The molecule has 1 aromatic heterocycles. The van der Waals surface area contributed by atoms with E-state index < -0.39 is 0 Å². The van der Waals surface area contributed by atoms with Crippen molar-refractivity contribution >= 4 is 5.91 Å². The van der Waals surface area contributed by atoms with E-state index >= 15 is 0 Å². The number of amides is 1. The van der Waals surface area contributed by atoms with Crippen LogP contribution in [0.25, 0.3) is 0 Å². The van der Waals surface area contributed by atoms with Gasteiger partial charge in [0.15, 0.2) is 0 Å². The zero-order chi connectivity index (χ0) is 16.4. The van der Waals surface area contributed by atoms with Crippen LogP contribution in [-0.2, 0) is 23.1 Å². The molecule has 1 aromatic rings. The van der Waals surface area contributed by atoms with Crippen LogP contribution in [0.3, 0.4) is 0 Å². The molecule has 23 heavy (non-hydrogen) atoms. The van der Waals surface area contributed by atoms with Crippen molar-refractivity contribution in [1.29, 1.82) is 5.26 Å². The fourth-order valence-corrected chi connectivity index (χ4v) is 3.47. The molecular weight excluding hydrogens is 292 g/mol. The van der Waals surface area contributed by atoms with E-state index in [1.165, 1.54) is 5.56 Å². The minimum Gasteiger partial charge on any atom is -0.373 e. The van der Waals surface area contributed by atoms with Gasteiger partial charge in [-0.3, -0.25) is 9.69 Å². The first-order valence-electron chi connectivity index (χ1n) is 8.21. The number of ether oxygens (including phenoxy) is 1. The van der Waals surface area contributed by atoms with Gasteiger partial charge in [-0.25, -0.2) is 0 Å². The first-order valence-corrected chi connectivity index (χ1v) is 8.21. The highest BCUT2D eigenvalue weighted by atomic mass is 16.5. The van der Waals surface area contributed by atoms with Gasteiger partial charge in [0.2, 0.25) is 5.91 Å². The van der Waals surface area contributed by atoms with Crippen molar-refractivity contribution in [3.8, 4) is 6.07 Å². The molecule has 0 radical (unpaired) electrons. The number of hydrogen-bond acceptors (Lipinski definition) is 4. The molecule has 6 nitrogen and oxygen atoms in total. The number of rotatable bonds is 2. The Bertz CT molecular complexity index is 636. The summed E-state index contributed by atoms with van der Waals surface area (Å²) in [5, 5.41) is 12.1. The van der Waals surface area contributed by atoms with E-state index in [-0.39, 0.29) is 11.5 Å². The molecule has 3 rings (SSSR count). The molecule has 2 saturated heterocycles. The van der Waals surface area contributed by atoms with E-state index in [1.54, 1.807) is 0 Å². The van der Waals surface area contributed by atoms with Gasteiger partial charge in [-0.2, -0.15) is 5.26 Å². The Balaban J connectivity index is 1.61. The summed E-state index contributed by atoms with van der Waals surface area (Å²) in [7, 11) is 1.94. The lowest BCUT2D eigenvalue weighted by Crippen LogP contribution is -2.50. The van der Waals surface area contributed by atoms with Crippen LogP contribution in [0.5, 0.6) is 0 Å². The highest BCUT2D eigenvalue weighted by Crippen LogP contribution is 2.29. The molecule has 0 aliphatic carbocycles. The summed E-state index contributed by atoms with van der Waals surface area (Å²) in [5.74, 6) is 0.0910. The largest absolute Gasteiger partial charge is 0.373 e. The summed E-state index contributed by atoms with van der Waals surface area (Å²) < 4.78 is 7.96. The molecule has 2 fully saturated rings. The number of likely N-dealkylation sites (tertiary alicyclic amines) is 1. The van der Waals surface area contributed by atoms with E-state index in [4.69, 9.17) is 10.00 Å². The van der Waals surface area contributed by atoms with Crippen molar-refractivity contribution < 1.29 is 9.53 Å². The van der Waals surface area contributed by atoms with Gasteiger partial charge in [-0.05, 0) is 31.4 Å². The predicted molar refractivity (Wildman–Crippen MR) is 85.7 cm³/mol. The van der Waals surface area contributed by atoms with E-state index in [2.05, 4.69) is 23.2 Å². The quantitative estimate of drug-likeness (QED) is 0.886. The number of nitrogens with zero attached hydrogens (tertiary/aromatic N) is 3. The molecule has 0 atom stereocenters. The third-order valence-electron chi connectivity index (χ3n) is 5.26. The molecular formula is C17H24N4O2. The van der Waals surface area contributed by atoms with Gasteiger partial charge >= 0.3 is 0 Å². The molecule has 1 N–H and O–H groups in total. The van der Waals surface area contributed by atoms with Crippen LogP contribution in [0.15, 0.2) is 6.07 Å². The Morgan fingerprint density at radius 1 is 1.43 bits per heavy atom. The fraction of sp³-hybridized carbons (Fsp3) is 0.647. The second kappa shape index (κ2) is 6.34. The SMILES string of the molecule is Cc1c(CN2CCC3(CC2)CNC(=O)CCO3)cc(C#N)n1C. The van der Waals surface area contributed by atoms with Crippen LogP contribution in [-0.4, -0.2) is 47.2 Å². The van der Waals surface area contributed by atoms with Crippen molar-refractivity contribution in [3.05, 3.63) is 23.0 Å². The monoisotopic (exact) mass is 316 g/mol. The maximum absolute atomic E-state index is 11.5. The summed E-state index contributed by atoms with van der Waals surface area (Å²) in [5.41, 5.74) is 2.89. The highest BCUT2D eigenvalue weighted by Gasteiger charge is 2.37. The number of piperidine rings is 1. The zero-order valence-electron chi connectivity index (χ0n) is 13.9. The molecule has 0 bridgehead atoms. The Hall–Kier alpha value is -1.84.